The lowest BCUT2D eigenvalue weighted by molar-refractivity contribution is 0.0322. The van der Waals surface area contributed by atoms with Gasteiger partial charge in [-0.15, -0.1) is 0 Å². The minimum absolute atomic E-state index is 0.173. The van der Waals surface area contributed by atoms with Crippen LogP contribution in [0.3, 0.4) is 0 Å². The van der Waals surface area contributed by atoms with Crippen molar-refractivity contribution >= 4 is 17.4 Å². The fourth-order valence-electron chi connectivity index (χ4n) is 1.63. The molecule has 0 radical (unpaired) electrons. The lowest BCUT2D eigenvalue weighted by Crippen LogP contribution is -2.31. The fraction of sp³-hybridized carbons (Fsp3) is 0.538. The molecule has 0 bridgehead atoms. The Kier molecular flexibility index (Phi) is 5.01. The van der Waals surface area contributed by atoms with Crippen LogP contribution in [0.2, 0.25) is 0 Å². The number of Topliss-reactive ketones (excluding diaryl/α,β-unsaturated/α-hetero) is 1. The molecule has 7 nitrogen and oxygen atoms in total. The predicted octanol–water partition coefficient (Wildman–Crippen LogP) is 1.00. The average molecular weight is 281 g/mol. The number of ketones is 1. The van der Waals surface area contributed by atoms with Gasteiger partial charge in [0, 0.05) is 6.54 Å². The Hall–Kier alpha value is -2.18. The number of hydrogen-bond donors (Lipinski definition) is 1. The van der Waals surface area contributed by atoms with Crippen molar-refractivity contribution in [2.75, 3.05) is 5.73 Å². The van der Waals surface area contributed by atoms with Crippen LogP contribution in [0.5, 0.6) is 0 Å². The number of ether oxygens (including phenoxy) is 1. The van der Waals surface area contributed by atoms with E-state index in [2.05, 4.69) is 5.10 Å². The van der Waals surface area contributed by atoms with Crippen molar-refractivity contribution in [2.45, 2.75) is 46.8 Å². The standard InChI is InChI=1S/C13H19N3O4/c1-5-7(3)20-13(19)11-9(8(4)17)10(14)12(18)16(6-2)15-11/h7H,5-6,14H2,1-4H3. The lowest BCUT2D eigenvalue weighted by atomic mass is 10.1. The molecule has 0 saturated carbocycles. The maximum absolute atomic E-state index is 12.1. The summed E-state index contributed by atoms with van der Waals surface area (Å²) in [5.41, 5.74) is 4.42. The first-order chi connectivity index (χ1) is 9.33. The number of hydrogen-bond acceptors (Lipinski definition) is 6. The van der Waals surface area contributed by atoms with E-state index in [9.17, 15) is 14.4 Å². The number of aromatic nitrogens is 2. The van der Waals surface area contributed by atoms with Gasteiger partial charge in [0.05, 0.1) is 11.7 Å². The zero-order chi connectivity index (χ0) is 15.4. The van der Waals surface area contributed by atoms with Gasteiger partial charge in [-0.05, 0) is 27.2 Å². The summed E-state index contributed by atoms with van der Waals surface area (Å²) in [5, 5.41) is 3.89. The van der Waals surface area contributed by atoms with Crippen molar-refractivity contribution in [2.24, 2.45) is 0 Å². The predicted molar refractivity (Wildman–Crippen MR) is 73.8 cm³/mol. The lowest BCUT2D eigenvalue weighted by Gasteiger charge is -2.14. The van der Waals surface area contributed by atoms with E-state index < -0.39 is 17.3 Å². The Morgan fingerprint density at radius 2 is 2.00 bits per heavy atom. The summed E-state index contributed by atoms with van der Waals surface area (Å²) >= 11 is 0. The van der Waals surface area contributed by atoms with Gasteiger partial charge in [-0.3, -0.25) is 9.59 Å². The number of esters is 1. The van der Waals surface area contributed by atoms with Crippen molar-refractivity contribution < 1.29 is 14.3 Å². The van der Waals surface area contributed by atoms with Crippen molar-refractivity contribution in [3.8, 4) is 0 Å². The van der Waals surface area contributed by atoms with Crippen molar-refractivity contribution in [1.29, 1.82) is 0 Å². The summed E-state index contributed by atoms with van der Waals surface area (Å²) in [6.45, 7) is 6.74. The zero-order valence-electron chi connectivity index (χ0n) is 12.1. The first-order valence-corrected chi connectivity index (χ1v) is 6.45. The van der Waals surface area contributed by atoms with Crippen LogP contribution in [0.25, 0.3) is 0 Å². The molecule has 1 aromatic heterocycles. The van der Waals surface area contributed by atoms with Crippen molar-refractivity contribution in [1.82, 2.24) is 9.78 Å². The number of carbonyl (C=O) groups is 2. The number of carbonyl (C=O) groups excluding carboxylic acids is 2. The van der Waals surface area contributed by atoms with Crippen LogP contribution in [0.15, 0.2) is 4.79 Å². The Morgan fingerprint density at radius 3 is 2.45 bits per heavy atom. The molecule has 0 amide bonds. The van der Waals surface area contributed by atoms with E-state index in [4.69, 9.17) is 10.5 Å². The molecule has 0 spiro atoms. The highest BCUT2D eigenvalue weighted by molar-refractivity contribution is 6.07. The summed E-state index contributed by atoms with van der Waals surface area (Å²) in [7, 11) is 0. The highest BCUT2D eigenvalue weighted by Crippen LogP contribution is 2.14. The minimum Gasteiger partial charge on any atom is -0.458 e. The third-order valence-corrected chi connectivity index (χ3v) is 2.92. The van der Waals surface area contributed by atoms with Gasteiger partial charge in [-0.1, -0.05) is 6.92 Å². The van der Waals surface area contributed by atoms with Gasteiger partial charge in [-0.2, -0.15) is 5.10 Å². The Bertz CT molecular complexity index is 592. The maximum atomic E-state index is 12.1. The summed E-state index contributed by atoms with van der Waals surface area (Å²) in [5.74, 6) is -1.25. The second-order valence-corrected chi connectivity index (χ2v) is 4.44. The zero-order valence-corrected chi connectivity index (χ0v) is 12.1. The largest absolute Gasteiger partial charge is 0.458 e. The summed E-state index contributed by atoms with van der Waals surface area (Å²) in [6.07, 6.45) is 0.316. The quantitative estimate of drug-likeness (QED) is 0.637. The Balaban J connectivity index is 3.44. The maximum Gasteiger partial charge on any atom is 0.359 e. The number of nitrogens with two attached hydrogens (primary N) is 1. The number of aryl methyl sites for hydroxylation is 1. The molecule has 0 fully saturated rings. The van der Waals surface area contributed by atoms with Gasteiger partial charge >= 0.3 is 5.97 Å². The molecule has 20 heavy (non-hydrogen) atoms. The van der Waals surface area contributed by atoms with Gasteiger partial charge in [0.1, 0.15) is 5.69 Å². The molecular formula is C13H19N3O4. The van der Waals surface area contributed by atoms with Crippen LogP contribution < -0.4 is 11.3 Å². The smallest absolute Gasteiger partial charge is 0.359 e. The Morgan fingerprint density at radius 1 is 1.40 bits per heavy atom. The van der Waals surface area contributed by atoms with Crippen LogP contribution in [0.1, 0.15) is 55.0 Å². The molecule has 7 heteroatoms. The molecule has 1 unspecified atom stereocenters. The van der Waals surface area contributed by atoms with E-state index >= 15 is 0 Å². The molecule has 110 valence electrons. The first kappa shape index (κ1) is 15.9. The van der Waals surface area contributed by atoms with Gasteiger partial charge in [0.25, 0.3) is 5.56 Å². The molecule has 0 aliphatic heterocycles. The second kappa shape index (κ2) is 6.31. The van der Waals surface area contributed by atoms with Crippen molar-refractivity contribution in [3.05, 3.63) is 21.6 Å². The minimum atomic E-state index is -0.751. The first-order valence-electron chi connectivity index (χ1n) is 6.45. The van der Waals surface area contributed by atoms with E-state index in [1.807, 2.05) is 6.92 Å². The topological polar surface area (TPSA) is 104 Å². The van der Waals surface area contributed by atoms with Crippen molar-refractivity contribution in [3.63, 3.8) is 0 Å². The van der Waals surface area contributed by atoms with Crippen LogP contribution in [-0.4, -0.2) is 27.6 Å². The van der Waals surface area contributed by atoms with E-state index in [0.29, 0.717) is 6.42 Å². The third-order valence-electron chi connectivity index (χ3n) is 2.92. The van der Waals surface area contributed by atoms with E-state index in [1.165, 1.54) is 6.92 Å². The van der Waals surface area contributed by atoms with Gasteiger partial charge in [0.15, 0.2) is 11.5 Å². The monoisotopic (exact) mass is 281 g/mol. The highest BCUT2D eigenvalue weighted by atomic mass is 16.5. The summed E-state index contributed by atoms with van der Waals surface area (Å²) in [6, 6.07) is 0. The third kappa shape index (κ3) is 3.04. The highest BCUT2D eigenvalue weighted by Gasteiger charge is 2.25. The molecular weight excluding hydrogens is 262 g/mol. The van der Waals surface area contributed by atoms with Gasteiger partial charge in [0.2, 0.25) is 0 Å². The second-order valence-electron chi connectivity index (χ2n) is 4.44. The number of nitrogen functional groups attached to an aromatic ring is 1. The number of rotatable bonds is 5. The average Bonchev–Trinajstić information content (AvgIpc) is 2.40. The van der Waals surface area contributed by atoms with Crippen LogP contribution in [-0.2, 0) is 11.3 Å². The van der Waals surface area contributed by atoms with E-state index in [0.717, 1.165) is 4.68 Å². The molecule has 2 N–H and O–H groups in total. The van der Waals surface area contributed by atoms with E-state index in [-0.39, 0.29) is 29.6 Å². The molecule has 1 aromatic rings. The van der Waals surface area contributed by atoms with Crippen LogP contribution in [0, 0.1) is 0 Å². The summed E-state index contributed by atoms with van der Waals surface area (Å²) in [4.78, 5) is 35.5. The van der Waals surface area contributed by atoms with Crippen LogP contribution in [0.4, 0.5) is 5.69 Å². The fourth-order valence-corrected chi connectivity index (χ4v) is 1.63. The van der Waals surface area contributed by atoms with E-state index in [1.54, 1.807) is 13.8 Å². The SMILES string of the molecule is CCC(C)OC(=O)c1nn(CC)c(=O)c(N)c1C(C)=O. The molecule has 1 rings (SSSR count). The molecule has 0 aliphatic carbocycles. The number of anilines is 1. The molecule has 1 atom stereocenters. The van der Waals surface area contributed by atoms with Gasteiger partial charge in [-0.25, -0.2) is 9.48 Å². The molecule has 0 aromatic carbocycles. The summed E-state index contributed by atoms with van der Waals surface area (Å²) < 4.78 is 6.18. The molecule has 0 aliphatic rings. The molecule has 0 saturated heterocycles. The Labute approximate surface area is 116 Å². The molecule has 1 heterocycles. The number of nitrogens with zero attached hydrogens (tertiary/aromatic N) is 2. The van der Waals surface area contributed by atoms with Gasteiger partial charge < -0.3 is 10.5 Å². The van der Waals surface area contributed by atoms with Crippen LogP contribution >= 0.6 is 0 Å². The normalized spacial score (nSPS) is 12.0.